The minimum absolute atomic E-state index is 0.0848. The Morgan fingerprint density at radius 1 is 1.24 bits per heavy atom. The van der Waals surface area contributed by atoms with Gasteiger partial charge in [0.25, 0.3) is 0 Å². The first-order chi connectivity index (χ1) is 10.2. The molecule has 106 valence electrons. The molecule has 5 heteroatoms. The average Bonchev–Trinajstić information content (AvgIpc) is 2.48. The van der Waals surface area contributed by atoms with Gasteiger partial charge in [0.05, 0.1) is 5.56 Å². The quantitative estimate of drug-likeness (QED) is 0.834. The number of nitrogens with one attached hydrogen (secondary N) is 1. The van der Waals surface area contributed by atoms with Crippen LogP contribution in [-0.4, -0.2) is 17.8 Å². The third-order valence-corrected chi connectivity index (χ3v) is 2.47. The van der Waals surface area contributed by atoms with Crippen LogP contribution in [0.5, 0.6) is 5.75 Å². The predicted molar refractivity (Wildman–Crippen MR) is 76.5 cm³/mol. The van der Waals surface area contributed by atoms with E-state index in [4.69, 9.17) is 9.84 Å². The third-order valence-electron chi connectivity index (χ3n) is 2.47. The number of carbonyl (C=O) groups excluding carboxylic acids is 1. The lowest BCUT2D eigenvalue weighted by Crippen LogP contribution is -2.16. The fraction of sp³-hybridized carbons (Fsp3) is 0.0625. The van der Waals surface area contributed by atoms with Crippen molar-refractivity contribution in [1.82, 2.24) is 0 Å². The number of hydrogen-bond acceptors (Lipinski definition) is 3. The van der Waals surface area contributed by atoms with Crippen molar-refractivity contribution >= 4 is 11.8 Å². The average molecular weight is 285 g/mol. The number of aliphatic hydroxyl groups excluding tert-OH is 1. The highest BCUT2D eigenvalue weighted by molar-refractivity contribution is 5.86. The second kappa shape index (κ2) is 7.08. The molecule has 0 saturated heterocycles. The molecule has 0 aromatic heterocycles. The molecule has 0 aliphatic heterocycles. The lowest BCUT2D eigenvalue weighted by molar-refractivity contribution is 0.215. The Morgan fingerprint density at radius 2 is 2.00 bits per heavy atom. The maximum Gasteiger partial charge on any atom is 0.417 e. The molecule has 0 radical (unpaired) electrons. The lowest BCUT2D eigenvalue weighted by Gasteiger charge is -2.07. The number of carbonyl (C=O) groups is 1. The third kappa shape index (κ3) is 4.34. The number of ether oxygens (including phenoxy) is 1. The normalized spacial score (nSPS) is 9.43. The first-order valence-electron chi connectivity index (χ1n) is 6.12. The number of hydrogen-bond donors (Lipinski definition) is 2. The van der Waals surface area contributed by atoms with Crippen LogP contribution in [0, 0.1) is 17.7 Å². The monoisotopic (exact) mass is 285 g/mol. The summed E-state index contributed by atoms with van der Waals surface area (Å²) in [6, 6.07) is 12.5. The van der Waals surface area contributed by atoms with Crippen molar-refractivity contribution in [3.8, 4) is 17.6 Å². The van der Waals surface area contributed by atoms with Crippen LogP contribution in [0.4, 0.5) is 14.9 Å². The molecule has 0 unspecified atom stereocenters. The Hall–Kier alpha value is -2.84. The first-order valence-corrected chi connectivity index (χ1v) is 6.12. The minimum Gasteiger partial charge on any atom is -0.410 e. The lowest BCUT2D eigenvalue weighted by atomic mass is 10.2. The van der Waals surface area contributed by atoms with E-state index in [0.717, 1.165) is 0 Å². The standard InChI is InChI=1S/C16H12FNO3/c17-15-9-8-13(11-12(15)5-4-10-19)18-16(20)21-14-6-2-1-3-7-14/h1-3,6-9,11,19H,10H2,(H,18,20). The Labute approximate surface area is 121 Å². The van der Waals surface area contributed by atoms with Gasteiger partial charge in [-0.05, 0) is 30.3 Å². The van der Waals surface area contributed by atoms with Gasteiger partial charge in [-0.15, -0.1) is 0 Å². The van der Waals surface area contributed by atoms with E-state index in [0.29, 0.717) is 11.4 Å². The summed E-state index contributed by atoms with van der Waals surface area (Å²) in [5, 5.41) is 11.1. The van der Waals surface area contributed by atoms with E-state index in [9.17, 15) is 9.18 Å². The summed E-state index contributed by atoms with van der Waals surface area (Å²) in [7, 11) is 0. The van der Waals surface area contributed by atoms with Gasteiger partial charge < -0.3 is 9.84 Å². The maximum absolute atomic E-state index is 13.4. The number of amides is 1. The van der Waals surface area contributed by atoms with Crippen molar-refractivity contribution in [2.45, 2.75) is 0 Å². The van der Waals surface area contributed by atoms with E-state index >= 15 is 0 Å². The zero-order valence-electron chi connectivity index (χ0n) is 11.0. The smallest absolute Gasteiger partial charge is 0.410 e. The molecule has 0 aliphatic carbocycles. The fourth-order valence-electron chi connectivity index (χ4n) is 1.57. The Morgan fingerprint density at radius 3 is 2.71 bits per heavy atom. The minimum atomic E-state index is -0.686. The van der Waals surface area contributed by atoms with Crippen molar-refractivity contribution in [3.63, 3.8) is 0 Å². The van der Waals surface area contributed by atoms with Crippen LogP contribution in [0.25, 0.3) is 0 Å². The molecule has 2 N–H and O–H groups in total. The second-order valence-corrected chi connectivity index (χ2v) is 3.98. The van der Waals surface area contributed by atoms with E-state index < -0.39 is 11.9 Å². The van der Waals surface area contributed by atoms with E-state index in [1.54, 1.807) is 30.3 Å². The maximum atomic E-state index is 13.4. The molecule has 2 aromatic carbocycles. The van der Waals surface area contributed by atoms with Gasteiger partial charge in [-0.25, -0.2) is 9.18 Å². The highest BCUT2D eigenvalue weighted by Gasteiger charge is 2.07. The molecule has 0 heterocycles. The largest absolute Gasteiger partial charge is 0.417 e. The SMILES string of the molecule is O=C(Nc1ccc(F)c(C#CCO)c1)Oc1ccccc1. The van der Waals surface area contributed by atoms with E-state index in [2.05, 4.69) is 17.2 Å². The van der Waals surface area contributed by atoms with Gasteiger partial charge in [-0.2, -0.15) is 0 Å². The molecule has 0 fully saturated rings. The number of rotatable bonds is 2. The van der Waals surface area contributed by atoms with Gasteiger partial charge in [-0.3, -0.25) is 5.32 Å². The van der Waals surface area contributed by atoms with Crippen LogP contribution in [0.1, 0.15) is 5.56 Å². The molecule has 0 aliphatic rings. The molecule has 21 heavy (non-hydrogen) atoms. The molecular formula is C16H12FNO3. The summed E-state index contributed by atoms with van der Waals surface area (Å²) in [6.45, 7) is -0.368. The topological polar surface area (TPSA) is 58.6 Å². The van der Waals surface area contributed by atoms with Gasteiger partial charge in [0.2, 0.25) is 0 Å². The van der Waals surface area contributed by atoms with Gasteiger partial charge in [0.15, 0.2) is 0 Å². The van der Waals surface area contributed by atoms with E-state index in [-0.39, 0.29) is 12.2 Å². The molecule has 2 aromatic rings. The number of para-hydroxylation sites is 1. The van der Waals surface area contributed by atoms with Crippen LogP contribution < -0.4 is 10.1 Å². The highest BCUT2D eigenvalue weighted by atomic mass is 19.1. The number of anilines is 1. The summed E-state index contributed by atoms with van der Waals surface area (Å²) >= 11 is 0. The Bertz CT molecular complexity index is 690. The van der Waals surface area contributed by atoms with Gasteiger partial charge in [0, 0.05) is 5.69 Å². The molecule has 0 spiro atoms. The molecular weight excluding hydrogens is 273 g/mol. The van der Waals surface area contributed by atoms with Gasteiger partial charge in [0.1, 0.15) is 18.2 Å². The van der Waals surface area contributed by atoms with Crippen molar-refractivity contribution in [3.05, 3.63) is 59.9 Å². The van der Waals surface area contributed by atoms with Gasteiger partial charge in [-0.1, -0.05) is 30.0 Å². The summed E-state index contributed by atoms with van der Waals surface area (Å²) < 4.78 is 18.5. The zero-order chi connectivity index (χ0) is 15.1. The summed E-state index contributed by atoms with van der Waals surface area (Å²) in [6.07, 6.45) is -0.686. The molecule has 1 amide bonds. The number of aliphatic hydroxyl groups is 1. The molecule has 0 atom stereocenters. The van der Waals surface area contributed by atoms with E-state index in [1.165, 1.54) is 18.2 Å². The predicted octanol–water partition coefficient (Wildman–Crippen LogP) is 2.78. The van der Waals surface area contributed by atoms with Crippen LogP contribution in [0.3, 0.4) is 0 Å². The Balaban J connectivity index is 2.07. The molecule has 0 saturated carbocycles. The summed E-state index contributed by atoms with van der Waals surface area (Å²) in [5.41, 5.74) is 0.432. The van der Waals surface area contributed by atoms with Crippen molar-refractivity contribution in [1.29, 1.82) is 0 Å². The molecule has 2 rings (SSSR count). The first kappa shape index (κ1) is 14.6. The van der Waals surface area contributed by atoms with Crippen LogP contribution in [-0.2, 0) is 0 Å². The van der Waals surface area contributed by atoms with Crippen molar-refractivity contribution in [2.75, 3.05) is 11.9 Å². The summed E-state index contributed by atoms with van der Waals surface area (Å²) in [5.74, 6) is 4.68. The Kier molecular flexibility index (Phi) is 4.91. The van der Waals surface area contributed by atoms with E-state index in [1.807, 2.05) is 0 Å². The number of benzene rings is 2. The summed E-state index contributed by atoms with van der Waals surface area (Å²) in [4.78, 5) is 11.7. The molecule has 0 bridgehead atoms. The van der Waals surface area contributed by atoms with Gasteiger partial charge >= 0.3 is 6.09 Å². The second-order valence-electron chi connectivity index (χ2n) is 3.98. The highest BCUT2D eigenvalue weighted by Crippen LogP contribution is 2.15. The van der Waals surface area contributed by atoms with Crippen LogP contribution >= 0.6 is 0 Å². The van der Waals surface area contributed by atoms with Crippen LogP contribution in [0.15, 0.2) is 48.5 Å². The van der Waals surface area contributed by atoms with Crippen LogP contribution in [0.2, 0.25) is 0 Å². The fourth-order valence-corrected chi connectivity index (χ4v) is 1.57. The molecule has 4 nitrogen and oxygen atoms in total. The van der Waals surface area contributed by atoms with Crippen molar-refractivity contribution < 1.29 is 19.0 Å². The number of halogens is 1. The zero-order valence-corrected chi connectivity index (χ0v) is 11.0. The van der Waals surface area contributed by atoms with Crippen molar-refractivity contribution in [2.24, 2.45) is 0 Å².